The minimum absolute atomic E-state index is 0. The van der Waals surface area contributed by atoms with Crippen molar-refractivity contribution in [1.29, 1.82) is 0 Å². The van der Waals surface area contributed by atoms with Crippen LogP contribution in [0.3, 0.4) is 0 Å². The summed E-state index contributed by atoms with van der Waals surface area (Å²) in [4.78, 5) is 9.26. The van der Waals surface area contributed by atoms with Crippen LogP contribution in [0.5, 0.6) is 0 Å². The van der Waals surface area contributed by atoms with E-state index >= 15 is 0 Å². The van der Waals surface area contributed by atoms with E-state index < -0.39 is 12.7 Å². The van der Waals surface area contributed by atoms with E-state index in [1.165, 1.54) is 71.7 Å². The molecule has 2 nitrogen and oxygen atoms in total. The fraction of sp³-hybridized carbons (Fsp3) is 0.259. The maximum Gasteiger partial charge on any atom is 0.0347 e. The SMILES string of the molecule is [2H]C([2H])([2H])c1ccc(-c2[c-]cc(CCc3cc(C)cc(-c4ccccc4-c4c[c-]c(-c5cc(-c6ccc(C7(C)CCCCC7)cc6)c(C([2H])(C)C)cn5)cc4)c3)cc2)nc1.[Ir]. The van der Waals surface area contributed by atoms with Crippen molar-refractivity contribution < 1.29 is 25.6 Å². The van der Waals surface area contributed by atoms with Gasteiger partial charge in [-0.15, -0.1) is 65.2 Å². The molecular formula is C54H52IrN2-2. The fourth-order valence-corrected chi connectivity index (χ4v) is 8.43. The number of aryl methyl sites for hydroxylation is 4. The molecule has 0 aliphatic heterocycles. The zero-order valence-corrected chi connectivity index (χ0v) is 35.8. The molecule has 57 heavy (non-hydrogen) atoms. The molecule has 5 aromatic carbocycles. The van der Waals surface area contributed by atoms with Gasteiger partial charge in [0.25, 0.3) is 0 Å². The van der Waals surface area contributed by atoms with Gasteiger partial charge in [-0.25, -0.2) is 0 Å². The van der Waals surface area contributed by atoms with E-state index in [2.05, 4.69) is 128 Å². The van der Waals surface area contributed by atoms with Crippen LogP contribution in [0.4, 0.5) is 0 Å². The summed E-state index contributed by atoms with van der Waals surface area (Å²) in [7, 11) is 0. The predicted molar refractivity (Wildman–Crippen MR) is 235 cm³/mol. The Morgan fingerprint density at radius 2 is 1.33 bits per heavy atom. The zero-order valence-electron chi connectivity index (χ0n) is 37.4. The van der Waals surface area contributed by atoms with Gasteiger partial charge in [-0.1, -0.05) is 148 Å². The molecule has 0 saturated heterocycles. The molecular weight excluding hydrogens is 869 g/mol. The molecule has 1 fully saturated rings. The van der Waals surface area contributed by atoms with Crippen molar-refractivity contribution in [1.82, 2.24) is 9.97 Å². The molecule has 0 N–H and O–H groups in total. The summed E-state index contributed by atoms with van der Waals surface area (Å²) in [5.41, 5.74) is 16.5. The van der Waals surface area contributed by atoms with E-state index in [1.54, 1.807) is 12.1 Å². The van der Waals surface area contributed by atoms with Gasteiger partial charge in [0.2, 0.25) is 0 Å². The molecule has 289 valence electrons. The smallest absolute Gasteiger partial charge is 0.0347 e. The average molecular weight is 925 g/mol. The number of benzene rings is 5. The molecule has 0 unspecified atom stereocenters. The van der Waals surface area contributed by atoms with Crippen LogP contribution in [0, 0.1) is 25.9 Å². The molecule has 2 aromatic heterocycles. The number of rotatable bonds is 10. The van der Waals surface area contributed by atoms with Gasteiger partial charge in [0, 0.05) is 38.0 Å². The minimum atomic E-state index is -2.17. The number of aromatic nitrogens is 2. The van der Waals surface area contributed by atoms with Gasteiger partial charge >= 0.3 is 0 Å². The molecule has 8 rings (SSSR count). The van der Waals surface area contributed by atoms with Gasteiger partial charge in [-0.3, -0.25) is 0 Å². The molecule has 1 aliphatic rings. The number of hydrogen-bond acceptors (Lipinski definition) is 2. The molecule has 0 amide bonds. The second-order valence-electron chi connectivity index (χ2n) is 16.1. The monoisotopic (exact) mass is 925 g/mol. The van der Waals surface area contributed by atoms with Gasteiger partial charge < -0.3 is 9.97 Å². The summed E-state index contributed by atoms with van der Waals surface area (Å²) in [6.45, 7) is 6.28. The van der Waals surface area contributed by atoms with Crippen molar-refractivity contribution in [2.75, 3.05) is 0 Å². The van der Waals surface area contributed by atoms with Crippen molar-refractivity contribution in [3.05, 3.63) is 179 Å². The predicted octanol–water partition coefficient (Wildman–Crippen LogP) is 14.2. The van der Waals surface area contributed by atoms with Crippen LogP contribution >= 0.6 is 0 Å². The number of nitrogens with zero attached hydrogens (tertiary/aromatic N) is 2. The van der Waals surface area contributed by atoms with Gasteiger partial charge in [0.1, 0.15) is 0 Å². The Hall–Kier alpha value is -4.95. The van der Waals surface area contributed by atoms with Gasteiger partial charge in [-0.05, 0) is 100 Å². The molecule has 1 aliphatic carbocycles. The molecule has 0 atom stereocenters. The largest absolute Gasteiger partial charge is 0.304 e. The first-order valence-corrected chi connectivity index (χ1v) is 20.1. The Morgan fingerprint density at radius 3 is 2.00 bits per heavy atom. The Labute approximate surface area is 359 Å². The van der Waals surface area contributed by atoms with Crippen LogP contribution < -0.4 is 0 Å². The number of hydrogen-bond donors (Lipinski definition) is 0. The quantitative estimate of drug-likeness (QED) is 0.128. The van der Waals surface area contributed by atoms with E-state index in [9.17, 15) is 0 Å². The Bertz CT molecular complexity index is 2580. The van der Waals surface area contributed by atoms with Crippen molar-refractivity contribution >= 4 is 0 Å². The summed E-state index contributed by atoms with van der Waals surface area (Å²) in [6, 6.07) is 49.4. The second-order valence-corrected chi connectivity index (χ2v) is 16.1. The Morgan fingerprint density at radius 1 is 0.649 bits per heavy atom. The average Bonchev–Trinajstić information content (AvgIpc) is 3.25. The Balaban J connectivity index is 0.00000561. The standard InChI is InChI=1S/C54H52N2.Ir/c1-37(2)51-36-56-53(34-50(51)43-24-26-47(27-25-43)54(5)29-9-6-10-30-54)45-22-20-42(21-23-45)48-11-7-8-12-49(48)46-32-39(4)31-41(33-46)15-14-40-16-18-44(19-17-40)52-28-13-38(3)35-55-52;/h7-8,11-13,16-18,20-22,24-28,31-37H,6,9-10,14-15,29-30H2,1-5H3;/q-2;/i3D3,37D;. The third-order valence-electron chi connectivity index (χ3n) is 11.7. The van der Waals surface area contributed by atoms with Crippen LogP contribution in [0.15, 0.2) is 134 Å². The molecule has 3 heteroatoms. The minimum Gasteiger partial charge on any atom is -0.304 e. The first kappa shape index (κ1) is 35.2. The maximum absolute atomic E-state index is 8.96. The summed E-state index contributed by atoms with van der Waals surface area (Å²) in [5.74, 6) is -0.801. The second kappa shape index (κ2) is 17.7. The van der Waals surface area contributed by atoms with Crippen LogP contribution in [-0.4, -0.2) is 9.97 Å². The van der Waals surface area contributed by atoms with Crippen molar-refractivity contribution in [2.45, 2.75) is 90.8 Å². The molecule has 7 aromatic rings. The van der Waals surface area contributed by atoms with Gasteiger partial charge in [-0.2, -0.15) is 0 Å². The Kier molecular flexibility index (Phi) is 10.9. The maximum atomic E-state index is 8.96. The van der Waals surface area contributed by atoms with Crippen LogP contribution in [0.1, 0.15) is 97.6 Å². The first-order valence-electron chi connectivity index (χ1n) is 22.1. The van der Waals surface area contributed by atoms with Crippen molar-refractivity contribution in [3.63, 3.8) is 0 Å². The first-order chi connectivity index (χ1) is 28.7. The summed E-state index contributed by atoms with van der Waals surface area (Å²) in [6.07, 6.45) is 11.5. The third-order valence-corrected chi connectivity index (χ3v) is 11.7. The van der Waals surface area contributed by atoms with Crippen molar-refractivity contribution in [3.8, 4) is 55.9 Å². The fourth-order valence-electron chi connectivity index (χ4n) is 8.43. The zero-order chi connectivity index (χ0) is 42.1. The molecule has 1 radical (unpaired) electrons. The normalized spacial score (nSPS) is 15.1. The van der Waals surface area contributed by atoms with Crippen molar-refractivity contribution in [2.24, 2.45) is 0 Å². The van der Waals surface area contributed by atoms with Gasteiger partial charge in [0.15, 0.2) is 0 Å². The van der Waals surface area contributed by atoms with E-state index in [4.69, 9.17) is 10.5 Å². The molecule has 0 spiro atoms. The summed E-state index contributed by atoms with van der Waals surface area (Å²) >= 11 is 0. The molecule has 1 saturated carbocycles. The summed E-state index contributed by atoms with van der Waals surface area (Å²) in [5, 5.41) is 0. The topological polar surface area (TPSA) is 25.8 Å². The summed E-state index contributed by atoms with van der Waals surface area (Å²) < 4.78 is 31.8. The van der Waals surface area contributed by atoms with Gasteiger partial charge in [0.05, 0.1) is 0 Å². The van der Waals surface area contributed by atoms with Crippen LogP contribution in [0.25, 0.3) is 55.9 Å². The van der Waals surface area contributed by atoms with Crippen LogP contribution in [-0.2, 0) is 38.4 Å². The van der Waals surface area contributed by atoms with E-state index in [-0.39, 0.29) is 31.1 Å². The number of pyridine rings is 2. The molecule has 0 bridgehead atoms. The third kappa shape index (κ3) is 9.12. The van der Waals surface area contributed by atoms with Crippen LogP contribution in [0.2, 0.25) is 0 Å². The van der Waals surface area contributed by atoms with E-state index in [0.717, 1.165) is 57.5 Å². The molecule has 2 heterocycles. The van der Waals surface area contributed by atoms with E-state index in [0.29, 0.717) is 5.69 Å². The van der Waals surface area contributed by atoms with E-state index in [1.807, 2.05) is 32.2 Å².